The van der Waals surface area contributed by atoms with Crippen LogP contribution in [0.3, 0.4) is 0 Å². The Morgan fingerprint density at radius 1 is 1.28 bits per heavy atom. The molecule has 1 aromatic carbocycles. The predicted molar refractivity (Wildman–Crippen MR) is 72.3 cm³/mol. The molecule has 0 aliphatic carbocycles. The molecular formula is C15H22N2O. The van der Waals surface area contributed by atoms with Crippen LogP contribution >= 0.6 is 0 Å². The second kappa shape index (κ2) is 5.00. The zero-order chi connectivity index (χ0) is 12.4. The third kappa shape index (κ3) is 2.44. The molecular weight excluding hydrogens is 224 g/mol. The Balaban J connectivity index is 1.63. The third-order valence-corrected chi connectivity index (χ3v) is 4.47. The van der Waals surface area contributed by atoms with Crippen molar-refractivity contribution in [1.29, 1.82) is 0 Å². The number of hydrogen-bond donors (Lipinski definition) is 2. The Hall–Kier alpha value is -0.900. The summed E-state index contributed by atoms with van der Waals surface area (Å²) in [5.74, 6) is 0.392. The molecule has 98 valence electrons. The van der Waals surface area contributed by atoms with E-state index in [1.807, 2.05) is 0 Å². The van der Waals surface area contributed by atoms with E-state index in [1.165, 1.54) is 5.56 Å². The number of nitrogens with one attached hydrogen (secondary N) is 1. The molecule has 1 aromatic rings. The highest BCUT2D eigenvalue weighted by Gasteiger charge is 2.42. The Morgan fingerprint density at radius 3 is 2.94 bits per heavy atom. The standard InChI is InChI=1S/C15H22N2O/c18-15-6-8-16-10-14(15)12-17(9-7-15)11-13-4-2-1-3-5-13/h1-5,14,16,18H,6-12H2. The average molecular weight is 246 g/mol. The first-order valence-corrected chi connectivity index (χ1v) is 6.96. The van der Waals surface area contributed by atoms with Crippen molar-refractivity contribution in [2.75, 3.05) is 26.2 Å². The zero-order valence-electron chi connectivity index (χ0n) is 10.8. The van der Waals surface area contributed by atoms with E-state index in [9.17, 15) is 5.11 Å². The fraction of sp³-hybridized carbons (Fsp3) is 0.600. The quantitative estimate of drug-likeness (QED) is 0.824. The number of nitrogens with zero attached hydrogens (tertiary/aromatic N) is 1. The lowest BCUT2D eigenvalue weighted by Gasteiger charge is -2.47. The maximum absolute atomic E-state index is 10.6. The van der Waals surface area contributed by atoms with Crippen molar-refractivity contribution >= 4 is 0 Å². The Bertz CT molecular complexity index is 395. The van der Waals surface area contributed by atoms with Gasteiger partial charge in [0.15, 0.2) is 0 Å². The van der Waals surface area contributed by atoms with E-state index in [4.69, 9.17) is 0 Å². The molecule has 2 aliphatic rings. The highest BCUT2D eigenvalue weighted by atomic mass is 16.3. The van der Waals surface area contributed by atoms with Crippen LogP contribution in [0.5, 0.6) is 0 Å². The first-order chi connectivity index (χ1) is 8.76. The van der Waals surface area contributed by atoms with Crippen LogP contribution in [-0.4, -0.2) is 41.8 Å². The Labute approximate surface area is 109 Å². The molecule has 3 heteroatoms. The number of piperidine rings is 2. The molecule has 2 heterocycles. The van der Waals surface area contributed by atoms with Gasteiger partial charge in [0.25, 0.3) is 0 Å². The van der Waals surface area contributed by atoms with Gasteiger partial charge in [-0.2, -0.15) is 0 Å². The van der Waals surface area contributed by atoms with Crippen LogP contribution in [0.25, 0.3) is 0 Å². The molecule has 2 saturated heterocycles. The van der Waals surface area contributed by atoms with E-state index in [1.54, 1.807) is 0 Å². The van der Waals surface area contributed by atoms with E-state index >= 15 is 0 Å². The van der Waals surface area contributed by atoms with Crippen molar-refractivity contribution in [1.82, 2.24) is 10.2 Å². The highest BCUT2D eigenvalue weighted by Crippen LogP contribution is 2.33. The number of benzene rings is 1. The average Bonchev–Trinajstić information content (AvgIpc) is 2.40. The van der Waals surface area contributed by atoms with Crippen LogP contribution in [0.2, 0.25) is 0 Å². The molecule has 0 spiro atoms. The SMILES string of the molecule is OC12CCNCC1CN(Cc1ccccc1)CC2. The summed E-state index contributed by atoms with van der Waals surface area (Å²) in [7, 11) is 0. The molecule has 18 heavy (non-hydrogen) atoms. The topological polar surface area (TPSA) is 35.5 Å². The largest absolute Gasteiger partial charge is 0.389 e. The van der Waals surface area contributed by atoms with Gasteiger partial charge in [-0.05, 0) is 24.9 Å². The van der Waals surface area contributed by atoms with E-state index in [0.717, 1.165) is 45.6 Å². The lowest BCUT2D eigenvalue weighted by Crippen LogP contribution is -2.58. The minimum atomic E-state index is -0.404. The van der Waals surface area contributed by atoms with Crippen LogP contribution in [0.1, 0.15) is 18.4 Å². The number of likely N-dealkylation sites (tertiary alicyclic amines) is 1. The van der Waals surface area contributed by atoms with Crippen LogP contribution in [0, 0.1) is 5.92 Å². The summed E-state index contributed by atoms with van der Waals surface area (Å²) in [6.07, 6.45) is 1.84. The second-order valence-corrected chi connectivity index (χ2v) is 5.73. The van der Waals surface area contributed by atoms with Crippen LogP contribution in [0.15, 0.2) is 30.3 Å². The van der Waals surface area contributed by atoms with E-state index in [-0.39, 0.29) is 0 Å². The van der Waals surface area contributed by atoms with E-state index in [0.29, 0.717) is 5.92 Å². The van der Waals surface area contributed by atoms with Gasteiger partial charge in [0.05, 0.1) is 5.60 Å². The molecule has 0 radical (unpaired) electrons. The molecule has 3 nitrogen and oxygen atoms in total. The monoisotopic (exact) mass is 246 g/mol. The maximum atomic E-state index is 10.6. The van der Waals surface area contributed by atoms with Crippen LogP contribution in [-0.2, 0) is 6.54 Å². The van der Waals surface area contributed by atoms with Gasteiger partial charge in [-0.15, -0.1) is 0 Å². The fourth-order valence-corrected chi connectivity index (χ4v) is 3.28. The second-order valence-electron chi connectivity index (χ2n) is 5.73. The molecule has 2 unspecified atom stereocenters. The van der Waals surface area contributed by atoms with Crippen molar-refractivity contribution in [3.63, 3.8) is 0 Å². The van der Waals surface area contributed by atoms with Crippen molar-refractivity contribution in [2.45, 2.75) is 25.0 Å². The third-order valence-electron chi connectivity index (χ3n) is 4.47. The Kier molecular flexibility index (Phi) is 3.37. The molecule has 0 aromatic heterocycles. The molecule has 3 rings (SSSR count). The number of fused-ring (bicyclic) bond motifs is 1. The van der Waals surface area contributed by atoms with Gasteiger partial charge in [-0.3, -0.25) is 4.90 Å². The normalized spacial score (nSPS) is 33.1. The summed E-state index contributed by atoms with van der Waals surface area (Å²) >= 11 is 0. The van der Waals surface area contributed by atoms with Gasteiger partial charge < -0.3 is 10.4 Å². The van der Waals surface area contributed by atoms with E-state index in [2.05, 4.69) is 40.5 Å². The van der Waals surface area contributed by atoms with Crippen LogP contribution in [0.4, 0.5) is 0 Å². The van der Waals surface area contributed by atoms with Crippen molar-refractivity contribution in [3.8, 4) is 0 Å². The van der Waals surface area contributed by atoms with Gasteiger partial charge in [-0.1, -0.05) is 30.3 Å². The predicted octanol–water partition coefficient (Wildman–Crippen LogP) is 1.23. The summed E-state index contributed by atoms with van der Waals surface area (Å²) in [5.41, 5.74) is 0.963. The van der Waals surface area contributed by atoms with Crippen molar-refractivity contribution in [3.05, 3.63) is 35.9 Å². The summed E-state index contributed by atoms with van der Waals surface area (Å²) in [6.45, 7) is 4.96. The summed E-state index contributed by atoms with van der Waals surface area (Å²) in [5, 5.41) is 14.0. The molecule has 2 atom stereocenters. The molecule has 2 fully saturated rings. The molecule has 0 saturated carbocycles. The van der Waals surface area contributed by atoms with Crippen molar-refractivity contribution in [2.24, 2.45) is 5.92 Å². The van der Waals surface area contributed by atoms with Gasteiger partial charge in [-0.25, -0.2) is 0 Å². The van der Waals surface area contributed by atoms with E-state index < -0.39 is 5.60 Å². The first-order valence-electron chi connectivity index (χ1n) is 6.96. The van der Waals surface area contributed by atoms with Gasteiger partial charge >= 0.3 is 0 Å². The highest BCUT2D eigenvalue weighted by molar-refractivity contribution is 5.14. The lowest BCUT2D eigenvalue weighted by atomic mass is 9.76. The van der Waals surface area contributed by atoms with Crippen LogP contribution < -0.4 is 5.32 Å². The fourth-order valence-electron chi connectivity index (χ4n) is 3.28. The maximum Gasteiger partial charge on any atom is 0.0724 e. The Morgan fingerprint density at radius 2 is 2.11 bits per heavy atom. The molecule has 0 bridgehead atoms. The van der Waals surface area contributed by atoms with Crippen molar-refractivity contribution < 1.29 is 5.11 Å². The number of aliphatic hydroxyl groups is 1. The minimum absolute atomic E-state index is 0.392. The zero-order valence-corrected chi connectivity index (χ0v) is 10.8. The molecule has 2 N–H and O–H groups in total. The minimum Gasteiger partial charge on any atom is -0.389 e. The number of hydrogen-bond acceptors (Lipinski definition) is 3. The summed E-state index contributed by atoms with van der Waals surface area (Å²) < 4.78 is 0. The summed E-state index contributed by atoms with van der Waals surface area (Å²) in [4.78, 5) is 2.47. The molecule has 2 aliphatic heterocycles. The molecule has 0 amide bonds. The summed E-state index contributed by atoms with van der Waals surface area (Å²) in [6, 6.07) is 10.6. The smallest absolute Gasteiger partial charge is 0.0724 e. The lowest BCUT2D eigenvalue weighted by molar-refractivity contribution is -0.0899. The van der Waals surface area contributed by atoms with Gasteiger partial charge in [0.1, 0.15) is 0 Å². The van der Waals surface area contributed by atoms with Gasteiger partial charge in [0.2, 0.25) is 0 Å². The first kappa shape index (κ1) is 12.2. The number of rotatable bonds is 2. The van der Waals surface area contributed by atoms with Gasteiger partial charge in [0, 0.05) is 32.1 Å².